The summed E-state index contributed by atoms with van der Waals surface area (Å²) in [7, 11) is 1.00. The van der Waals surface area contributed by atoms with Gasteiger partial charge in [0.1, 0.15) is 0 Å². The Morgan fingerprint density at radius 1 is 1.58 bits per heavy atom. The summed E-state index contributed by atoms with van der Waals surface area (Å²) in [4.78, 5) is 10.7. The van der Waals surface area contributed by atoms with Gasteiger partial charge in [-0.05, 0) is 30.9 Å². The van der Waals surface area contributed by atoms with E-state index in [0.717, 1.165) is 17.7 Å². The molecular weight excluding hydrogens is 258 g/mol. The van der Waals surface area contributed by atoms with Gasteiger partial charge in [-0.2, -0.15) is 0 Å². The number of aryl methyl sites for hydroxylation is 1. The lowest BCUT2D eigenvalue weighted by Gasteiger charge is -2.21. The van der Waals surface area contributed by atoms with Crippen molar-refractivity contribution in [3.05, 3.63) is 24.0 Å². The van der Waals surface area contributed by atoms with Gasteiger partial charge in [-0.25, -0.2) is 4.99 Å². The number of hydrogen-bond donors (Lipinski definition) is 0. The smallest absolute Gasteiger partial charge is 0.195 e. The van der Waals surface area contributed by atoms with Gasteiger partial charge < -0.3 is 4.90 Å². The molecule has 1 saturated heterocycles. The Hall–Kier alpha value is -1.23. The predicted molar refractivity (Wildman–Crippen MR) is 80.1 cm³/mol. The summed E-state index contributed by atoms with van der Waals surface area (Å²) >= 11 is 0. The van der Waals surface area contributed by atoms with Crippen LogP contribution in [0.4, 0.5) is 5.69 Å². The van der Waals surface area contributed by atoms with Gasteiger partial charge in [0.05, 0.1) is 22.2 Å². The second kappa shape index (κ2) is 5.82. The van der Waals surface area contributed by atoms with Crippen LogP contribution in [0.5, 0.6) is 0 Å². The molecule has 2 atom stereocenters. The fraction of sp³-hybridized carbons (Fsp3) is 0.571. The zero-order chi connectivity index (χ0) is 14.0. The molecule has 5 heteroatoms. The van der Waals surface area contributed by atoms with E-state index in [2.05, 4.69) is 28.7 Å². The van der Waals surface area contributed by atoms with E-state index >= 15 is 0 Å². The van der Waals surface area contributed by atoms with Crippen molar-refractivity contribution in [3.63, 3.8) is 0 Å². The van der Waals surface area contributed by atoms with Crippen molar-refractivity contribution >= 4 is 21.7 Å². The van der Waals surface area contributed by atoms with Crippen LogP contribution in [0.1, 0.15) is 25.8 Å². The number of aliphatic imine (C=N–C) groups is 1. The minimum atomic E-state index is -0.990. The van der Waals surface area contributed by atoms with Crippen molar-refractivity contribution in [2.45, 2.75) is 33.2 Å². The highest BCUT2D eigenvalue weighted by Gasteiger charge is 2.33. The van der Waals surface area contributed by atoms with Crippen molar-refractivity contribution in [3.8, 4) is 0 Å². The molecule has 0 saturated carbocycles. The van der Waals surface area contributed by atoms with Crippen molar-refractivity contribution in [2.75, 3.05) is 12.8 Å². The molecule has 0 aliphatic carbocycles. The third-order valence-corrected chi connectivity index (χ3v) is 4.82. The first-order valence-electron chi connectivity index (χ1n) is 6.59. The molecule has 1 aromatic heterocycles. The molecule has 104 valence electrons. The van der Waals surface area contributed by atoms with E-state index in [1.54, 1.807) is 12.4 Å². The summed E-state index contributed by atoms with van der Waals surface area (Å²) in [5.41, 5.74) is 1.86. The Morgan fingerprint density at radius 2 is 2.32 bits per heavy atom. The Balaban J connectivity index is 2.25. The maximum absolute atomic E-state index is 12.2. The van der Waals surface area contributed by atoms with Gasteiger partial charge in [0.2, 0.25) is 0 Å². The van der Waals surface area contributed by atoms with E-state index in [9.17, 15) is 4.21 Å². The van der Waals surface area contributed by atoms with Gasteiger partial charge in [-0.3, -0.25) is 9.19 Å². The summed E-state index contributed by atoms with van der Waals surface area (Å²) < 4.78 is 12.2. The Labute approximate surface area is 117 Å². The molecule has 2 rings (SSSR count). The molecule has 0 aromatic carbocycles. The molecule has 2 heterocycles. The first kappa shape index (κ1) is 14.2. The van der Waals surface area contributed by atoms with Crippen LogP contribution in [-0.4, -0.2) is 38.1 Å². The summed E-state index contributed by atoms with van der Waals surface area (Å²) in [6, 6.07) is 2.20. The van der Waals surface area contributed by atoms with E-state index in [-0.39, 0.29) is 0 Å². The number of pyridine rings is 1. The highest BCUT2D eigenvalue weighted by atomic mass is 32.2. The molecule has 1 fully saturated rings. The van der Waals surface area contributed by atoms with E-state index in [4.69, 9.17) is 0 Å². The van der Waals surface area contributed by atoms with E-state index in [0.29, 0.717) is 22.9 Å². The standard InChI is InChI=1S/C14H21N3OS/c1-10(2)7-12-9-19(18)14(17(12)4)16-13-5-6-15-8-11(13)3/h5-6,8,10,12H,7,9H2,1-4H3/t12-,19?/m0/s1. The van der Waals surface area contributed by atoms with Crippen molar-refractivity contribution in [2.24, 2.45) is 10.9 Å². The molecule has 0 spiro atoms. The Kier molecular flexibility index (Phi) is 4.34. The fourth-order valence-corrected chi connectivity index (χ4v) is 3.80. The van der Waals surface area contributed by atoms with E-state index < -0.39 is 10.8 Å². The summed E-state index contributed by atoms with van der Waals surface area (Å²) in [5, 5.41) is 0.694. The van der Waals surface area contributed by atoms with Crippen LogP contribution < -0.4 is 0 Å². The van der Waals surface area contributed by atoms with Gasteiger partial charge in [0, 0.05) is 25.5 Å². The van der Waals surface area contributed by atoms with Gasteiger partial charge in [0.25, 0.3) is 0 Å². The number of aromatic nitrogens is 1. The number of rotatable bonds is 3. The van der Waals surface area contributed by atoms with E-state index in [1.165, 1.54) is 0 Å². The largest absolute Gasteiger partial charge is 0.348 e. The molecule has 0 radical (unpaired) electrons. The van der Waals surface area contributed by atoms with Gasteiger partial charge in [0.15, 0.2) is 5.17 Å². The molecule has 1 aliphatic heterocycles. The lowest BCUT2D eigenvalue weighted by Crippen LogP contribution is -2.31. The molecule has 1 aromatic rings. The highest BCUT2D eigenvalue weighted by Crippen LogP contribution is 2.24. The molecule has 0 bridgehead atoms. The number of amidine groups is 1. The maximum Gasteiger partial charge on any atom is 0.195 e. The van der Waals surface area contributed by atoms with Crippen molar-refractivity contribution in [1.29, 1.82) is 0 Å². The quantitative estimate of drug-likeness (QED) is 0.854. The summed E-state index contributed by atoms with van der Waals surface area (Å²) in [6.07, 6.45) is 4.55. The highest BCUT2D eigenvalue weighted by molar-refractivity contribution is 8.00. The van der Waals surface area contributed by atoms with Crippen molar-refractivity contribution in [1.82, 2.24) is 9.88 Å². The minimum Gasteiger partial charge on any atom is -0.348 e. The monoisotopic (exact) mass is 279 g/mol. The second-order valence-electron chi connectivity index (χ2n) is 5.46. The third-order valence-electron chi connectivity index (χ3n) is 3.35. The van der Waals surface area contributed by atoms with Gasteiger partial charge in [-0.15, -0.1) is 0 Å². The molecule has 0 amide bonds. The number of hydrogen-bond acceptors (Lipinski definition) is 3. The zero-order valence-electron chi connectivity index (χ0n) is 12.0. The third kappa shape index (κ3) is 3.21. The topological polar surface area (TPSA) is 45.6 Å². The molecular formula is C14H21N3OS. The van der Waals surface area contributed by atoms with Crippen LogP contribution in [0, 0.1) is 12.8 Å². The predicted octanol–water partition coefficient (Wildman–Crippen LogP) is 2.49. The van der Waals surface area contributed by atoms with Crippen LogP contribution >= 0.6 is 0 Å². The average molecular weight is 279 g/mol. The second-order valence-corrected chi connectivity index (χ2v) is 6.85. The van der Waals surface area contributed by atoms with E-state index in [1.807, 2.05) is 20.0 Å². The maximum atomic E-state index is 12.2. The van der Waals surface area contributed by atoms with Crippen LogP contribution in [0.25, 0.3) is 0 Å². The normalized spacial score (nSPS) is 25.5. The minimum absolute atomic E-state index is 0.335. The molecule has 1 aliphatic rings. The molecule has 19 heavy (non-hydrogen) atoms. The Bertz CT molecular complexity index is 513. The molecule has 0 N–H and O–H groups in total. The van der Waals surface area contributed by atoms with Crippen LogP contribution in [0.2, 0.25) is 0 Å². The first-order chi connectivity index (χ1) is 8.99. The van der Waals surface area contributed by atoms with Crippen LogP contribution in [0.15, 0.2) is 23.5 Å². The summed E-state index contributed by atoms with van der Waals surface area (Å²) in [6.45, 7) is 6.35. The van der Waals surface area contributed by atoms with Crippen LogP contribution in [-0.2, 0) is 10.8 Å². The molecule has 4 nitrogen and oxygen atoms in total. The lowest BCUT2D eigenvalue weighted by atomic mass is 10.0. The SMILES string of the molecule is Cc1cnccc1N=C1N(C)[C@@H](CC(C)C)CS1=O. The van der Waals surface area contributed by atoms with Gasteiger partial charge in [-0.1, -0.05) is 13.8 Å². The fourth-order valence-electron chi connectivity index (χ4n) is 2.27. The molecule has 1 unspecified atom stereocenters. The van der Waals surface area contributed by atoms with Crippen molar-refractivity contribution < 1.29 is 4.21 Å². The van der Waals surface area contributed by atoms with Gasteiger partial charge >= 0.3 is 0 Å². The summed E-state index contributed by atoms with van der Waals surface area (Å²) in [5.74, 6) is 1.30. The van der Waals surface area contributed by atoms with Crippen LogP contribution in [0.3, 0.4) is 0 Å². The average Bonchev–Trinajstić information content (AvgIpc) is 2.59. The first-order valence-corrected chi connectivity index (χ1v) is 7.91. The number of nitrogens with zero attached hydrogens (tertiary/aromatic N) is 3. The Morgan fingerprint density at radius 3 is 2.95 bits per heavy atom. The zero-order valence-corrected chi connectivity index (χ0v) is 12.8. The lowest BCUT2D eigenvalue weighted by molar-refractivity contribution is 0.351.